The summed E-state index contributed by atoms with van der Waals surface area (Å²) in [6.07, 6.45) is 0. The first-order valence-electron chi connectivity index (χ1n) is 6.34. The molecular weight excluding hydrogens is 236 g/mol. The van der Waals surface area contributed by atoms with Gasteiger partial charge in [0, 0.05) is 24.3 Å². The summed E-state index contributed by atoms with van der Waals surface area (Å²) >= 11 is 0. The molecule has 19 heavy (non-hydrogen) atoms. The van der Waals surface area contributed by atoms with Gasteiger partial charge in [-0.2, -0.15) is 0 Å². The van der Waals surface area contributed by atoms with Gasteiger partial charge in [0.15, 0.2) is 0 Å². The Balaban J connectivity index is 2.03. The maximum atomic E-state index is 5.79. The van der Waals surface area contributed by atoms with Gasteiger partial charge < -0.3 is 10.5 Å². The third-order valence-electron chi connectivity index (χ3n) is 3.04. The van der Waals surface area contributed by atoms with Crippen LogP contribution >= 0.6 is 0 Å². The Kier molecular flexibility index (Phi) is 4.42. The van der Waals surface area contributed by atoms with E-state index in [1.54, 1.807) is 7.11 Å². The zero-order chi connectivity index (χ0) is 13.7. The number of nitrogens with two attached hydrogens (primary N) is 1. The molecule has 0 saturated heterocycles. The summed E-state index contributed by atoms with van der Waals surface area (Å²) in [5.41, 5.74) is 9.01. The van der Waals surface area contributed by atoms with E-state index in [9.17, 15) is 0 Å². The molecule has 3 nitrogen and oxygen atoms in total. The van der Waals surface area contributed by atoms with Crippen LogP contribution in [0.25, 0.3) is 0 Å². The Morgan fingerprint density at radius 1 is 1.05 bits per heavy atom. The lowest BCUT2D eigenvalue weighted by molar-refractivity contribution is 0.310. The van der Waals surface area contributed by atoms with Crippen molar-refractivity contribution in [3.8, 4) is 5.75 Å². The summed E-state index contributed by atoms with van der Waals surface area (Å²) in [6.45, 7) is 1.71. The first-order valence-corrected chi connectivity index (χ1v) is 6.34. The second-order valence-electron chi connectivity index (χ2n) is 4.73. The van der Waals surface area contributed by atoms with Crippen LogP contribution in [0.3, 0.4) is 0 Å². The second kappa shape index (κ2) is 6.25. The molecule has 0 fully saturated rings. The van der Waals surface area contributed by atoms with E-state index < -0.39 is 0 Å². The number of para-hydroxylation sites is 1. The van der Waals surface area contributed by atoms with Crippen LogP contribution in [0.1, 0.15) is 11.1 Å². The molecular formula is C16H20N2O. The number of rotatable bonds is 5. The van der Waals surface area contributed by atoms with Crippen molar-refractivity contribution in [1.29, 1.82) is 0 Å². The van der Waals surface area contributed by atoms with Gasteiger partial charge in [0.1, 0.15) is 5.75 Å². The number of benzene rings is 2. The Hall–Kier alpha value is -2.00. The average molecular weight is 256 g/mol. The van der Waals surface area contributed by atoms with Crippen LogP contribution in [0.5, 0.6) is 5.75 Å². The largest absolute Gasteiger partial charge is 0.496 e. The zero-order valence-electron chi connectivity index (χ0n) is 11.5. The van der Waals surface area contributed by atoms with Crippen molar-refractivity contribution in [2.45, 2.75) is 13.1 Å². The van der Waals surface area contributed by atoms with E-state index in [-0.39, 0.29) is 0 Å². The number of nitrogens with zero attached hydrogens (tertiary/aromatic N) is 1. The zero-order valence-corrected chi connectivity index (χ0v) is 11.5. The van der Waals surface area contributed by atoms with E-state index in [1.165, 1.54) is 11.1 Å². The minimum Gasteiger partial charge on any atom is -0.496 e. The highest BCUT2D eigenvalue weighted by Crippen LogP contribution is 2.19. The Bertz CT molecular complexity index is 540. The van der Waals surface area contributed by atoms with Crippen molar-refractivity contribution in [3.63, 3.8) is 0 Å². The lowest BCUT2D eigenvalue weighted by atomic mass is 10.1. The second-order valence-corrected chi connectivity index (χ2v) is 4.73. The summed E-state index contributed by atoms with van der Waals surface area (Å²) in [4.78, 5) is 2.24. The molecule has 0 amide bonds. The summed E-state index contributed by atoms with van der Waals surface area (Å²) < 4.78 is 5.37. The molecule has 0 heterocycles. The fourth-order valence-electron chi connectivity index (χ4n) is 2.18. The molecule has 100 valence electrons. The number of anilines is 1. The molecule has 0 aliphatic rings. The third kappa shape index (κ3) is 3.73. The van der Waals surface area contributed by atoms with E-state index >= 15 is 0 Å². The first-order chi connectivity index (χ1) is 9.19. The highest BCUT2D eigenvalue weighted by atomic mass is 16.5. The van der Waals surface area contributed by atoms with Crippen molar-refractivity contribution in [1.82, 2.24) is 4.90 Å². The molecule has 0 atom stereocenters. The molecule has 0 spiro atoms. The third-order valence-corrected chi connectivity index (χ3v) is 3.04. The quantitative estimate of drug-likeness (QED) is 0.836. The van der Waals surface area contributed by atoms with Gasteiger partial charge in [-0.1, -0.05) is 30.3 Å². The molecule has 0 unspecified atom stereocenters. The van der Waals surface area contributed by atoms with Crippen molar-refractivity contribution in [2.24, 2.45) is 0 Å². The molecule has 0 aliphatic heterocycles. The minimum atomic E-state index is 0.809. The van der Waals surface area contributed by atoms with Gasteiger partial charge in [-0.25, -0.2) is 0 Å². The Morgan fingerprint density at radius 2 is 1.84 bits per heavy atom. The van der Waals surface area contributed by atoms with Crippen molar-refractivity contribution >= 4 is 5.69 Å². The molecule has 0 radical (unpaired) electrons. The number of methoxy groups -OCH3 is 1. The van der Waals surface area contributed by atoms with Crippen LogP contribution < -0.4 is 10.5 Å². The van der Waals surface area contributed by atoms with Gasteiger partial charge in [-0.15, -0.1) is 0 Å². The molecule has 2 rings (SSSR count). The highest BCUT2D eigenvalue weighted by molar-refractivity contribution is 5.40. The van der Waals surface area contributed by atoms with Gasteiger partial charge in [0.25, 0.3) is 0 Å². The topological polar surface area (TPSA) is 38.5 Å². The van der Waals surface area contributed by atoms with Crippen molar-refractivity contribution in [2.75, 3.05) is 19.9 Å². The van der Waals surface area contributed by atoms with Crippen LogP contribution in [0.15, 0.2) is 48.5 Å². The highest BCUT2D eigenvalue weighted by Gasteiger charge is 2.06. The smallest absolute Gasteiger partial charge is 0.123 e. The van der Waals surface area contributed by atoms with E-state index in [4.69, 9.17) is 10.5 Å². The van der Waals surface area contributed by atoms with Crippen LogP contribution in [-0.2, 0) is 13.1 Å². The van der Waals surface area contributed by atoms with E-state index in [0.717, 1.165) is 24.5 Å². The molecule has 3 heteroatoms. The van der Waals surface area contributed by atoms with Gasteiger partial charge in [-0.3, -0.25) is 4.90 Å². The summed E-state index contributed by atoms with van der Waals surface area (Å²) in [6, 6.07) is 16.1. The molecule has 2 aromatic rings. The van der Waals surface area contributed by atoms with E-state index in [1.807, 2.05) is 36.4 Å². The van der Waals surface area contributed by atoms with Crippen LogP contribution in [0, 0.1) is 0 Å². The molecule has 2 aromatic carbocycles. The number of hydrogen-bond acceptors (Lipinski definition) is 3. The maximum Gasteiger partial charge on any atom is 0.123 e. The maximum absolute atomic E-state index is 5.79. The fourth-order valence-corrected chi connectivity index (χ4v) is 2.18. The van der Waals surface area contributed by atoms with E-state index in [0.29, 0.717) is 0 Å². The molecule has 0 bridgehead atoms. The number of hydrogen-bond donors (Lipinski definition) is 1. The van der Waals surface area contributed by atoms with E-state index in [2.05, 4.69) is 24.1 Å². The van der Waals surface area contributed by atoms with Crippen LogP contribution in [-0.4, -0.2) is 19.1 Å². The van der Waals surface area contributed by atoms with Gasteiger partial charge in [0.05, 0.1) is 7.11 Å². The van der Waals surface area contributed by atoms with Crippen molar-refractivity contribution < 1.29 is 4.74 Å². The summed E-state index contributed by atoms with van der Waals surface area (Å²) in [7, 11) is 3.80. The van der Waals surface area contributed by atoms with Crippen LogP contribution in [0.4, 0.5) is 5.69 Å². The summed E-state index contributed by atoms with van der Waals surface area (Å²) in [5, 5.41) is 0. The molecule has 0 aliphatic carbocycles. The Morgan fingerprint density at radius 3 is 2.58 bits per heavy atom. The predicted molar refractivity (Wildman–Crippen MR) is 79.0 cm³/mol. The molecule has 2 N–H and O–H groups in total. The number of ether oxygens (including phenoxy) is 1. The van der Waals surface area contributed by atoms with Crippen LogP contribution in [0.2, 0.25) is 0 Å². The SMILES string of the molecule is COc1ccccc1CN(C)Cc1cccc(N)c1. The van der Waals surface area contributed by atoms with Gasteiger partial charge >= 0.3 is 0 Å². The van der Waals surface area contributed by atoms with Gasteiger partial charge in [-0.05, 0) is 30.8 Å². The minimum absolute atomic E-state index is 0.809. The standard InChI is InChI=1S/C16H20N2O/c1-18(11-13-6-5-8-15(17)10-13)12-14-7-3-4-9-16(14)19-2/h3-10H,11-12,17H2,1-2H3. The monoisotopic (exact) mass is 256 g/mol. The summed E-state index contributed by atoms with van der Waals surface area (Å²) in [5.74, 6) is 0.932. The lowest BCUT2D eigenvalue weighted by Gasteiger charge is -2.18. The predicted octanol–water partition coefficient (Wildman–Crippen LogP) is 2.91. The molecule has 0 aromatic heterocycles. The first kappa shape index (κ1) is 13.4. The average Bonchev–Trinajstić information content (AvgIpc) is 2.39. The normalized spacial score (nSPS) is 10.7. The lowest BCUT2D eigenvalue weighted by Crippen LogP contribution is -2.17. The van der Waals surface area contributed by atoms with Crippen molar-refractivity contribution in [3.05, 3.63) is 59.7 Å². The van der Waals surface area contributed by atoms with Gasteiger partial charge in [0.2, 0.25) is 0 Å². The molecule has 0 saturated carbocycles. The fraction of sp³-hybridized carbons (Fsp3) is 0.250. The number of nitrogen functional groups attached to an aromatic ring is 1. The Labute approximate surface area is 114 Å².